The number of hydrogen-bond donors (Lipinski definition) is 5. The molecule has 0 bridgehead atoms. The first-order chi connectivity index (χ1) is 39.1. The van der Waals surface area contributed by atoms with E-state index in [0.717, 1.165) is 52.2 Å². The molecule has 5 aromatic carbocycles. The predicted molar refractivity (Wildman–Crippen MR) is 287 cm³/mol. The fraction of sp³-hybridized carbons (Fsp3) is 0.241. The van der Waals surface area contributed by atoms with E-state index in [1.165, 1.54) is 37.4 Å². The summed E-state index contributed by atoms with van der Waals surface area (Å²) in [5, 5.41) is 28.7. The van der Waals surface area contributed by atoms with Crippen LogP contribution in [-0.2, 0) is 30.7 Å². The molecule has 2 atom stereocenters. The van der Waals surface area contributed by atoms with Crippen LogP contribution in [0.5, 0.6) is 6.01 Å². The zero-order valence-electron chi connectivity index (χ0n) is 44.0. The second-order valence-electron chi connectivity index (χ2n) is 19.5. The van der Waals surface area contributed by atoms with Crippen molar-refractivity contribution in [2.24, 2.45) is 0 Å². The summed E-state index contributed by atoms with van der Waals surface area (Å²) in [5.74, 6) is -3.82. The molecule has 4 amide bonds. The summed E-state index contributed by atoms with van der Waals surface area (Å²) in [6, 6.07) is 28.0. The topological polar surface area (TPSA) is 275 Å². The highest BCUT2D eigenvalue weighted by atomic mass is 19.1. The third-order valence-electron chi connectivity index (χ3n) is 14.1. The first-order valence-electron chi connectivity index (χ1n) is 25.8. The molecule has 0 radical (unpaired) electrons. The first-order valence-corrected chi connectivity index (χ1v) is 25.8. The molecule has 1 aliphatic heterocycles. The van der Waals surface area contributed by atoms with E-state index in [-0.39, 0.29) is 71.2 Å². The van der Waals surface area contributed by atoms with Gasteiger partial charge >= 0.3 is 17.9 Å². The smallest absolute Gasteiger partial charge is 0.347 e. The maximum absolute atomic E-state index is 13.7. The highest BCUT2D eigenvalue weighted by molar-refractivity contribution is 5.99. The second-order valence-corrected chi connectivity index (χ2v) is 19.5. The molecule has 8 aromatic rings. The van der Waals surface area contributed by atoms with Crippen LogP contribution in [0.3, 0.4) is 0 Å². The number of fused-ring (bicyclic) bond motifs is 3. The Bertz CT molecular complexity index is 3810. The first kappa shape index (κ1) is 54.3. The van der Waals surface area contributed by atoms with Crippen LogP contribution >= 0.6 is 0 Å². The van der Waals surface area contributed by atoms with Crippen molar-refractivity contribution in [2.45, 2.75) is 71.1 Å². The Morgan fingerprint density at radius 3 is 1.68 bits per heavy atom. The fourth-order valence-electron chi connectivity index (χ4n) is 9.57. The lowest BCUT2D eigenvalue weighted by Gasteiger charge is -2.31. The molecular formula is C58H52F2N12O9. The number of benzene rings is 5. The summed E-state index contributed by atoms with van der Waals surface area (Å²) >= 11 is 0. The standard InChI is InChI=1S/C31H26FN7O5.C27H26FN5O4/c1-17-13-18(7-11-22(17)32)16-33-28(40)25-15-26(36-31(35-25)44-39-27-6-4-3-5-24(27)37-38-39)29(41)34-23-12-9-19-14-20(30(42)43-2)8-10-21(19)23;1-15-11-16(3-7-20(15)28)14-29-24(34)22-13-23(32-27(31-22)33-9-2-10-33)25(35)30-21-8-5-17-12-18(26(36)37)4-6-19(17)21/h3-8,10-11,13-15,23H,9,12,16H2,1-2H3,(H,33,40)(H,34,41);3-4,6-7,11-13,21H,2,5,8-10,14H2,1H3,(H,29,34)(H,30,35)(H,36,37)/t23-;21-/m00/s1. The molecule has 0 unspecified atom stereocenters. The number of halogens is 2. The lowest BCUT2D eigenvalue weighted by Crippen LogP contribution is -2.39. The van der Waals surface area contributed by atoms with Gasteiger partial charge in [-0.05, 0) is 144 Å². The molecular weight excluding hydrogens is 1050 g/mol. The van der Waals surface area contributed by atoms with Crippen molar-refractivity contribution in [2.75, 3.05) is 25.1 Å². The molecule has 5 N–H and O–H groups in total. The molecule has 1 fully saturated rings. The van der Waals surface area contributed by atoms with Gasteiger partial charge in [-0.25, -0.2) is 28.3 Å². The molecule has 11 rings (SSSR count). The van der Waals surface area contributed by atoms with Gasteiger partial charge in [0.05, 0.1) is 30.3 Å². The number of aryl methyl sites for hydroxylation is 4. The minimum absolute atomic E-state index is 0.0683. The van der Waals surface area contributed by atoms with Gasteiger partial charge in [0.1, 0.15) is 45.4 Å². The highest BCUT2D eigenvalue weighted by Crippen LogP contribution is 2.34. The van der Waals surface area contributed by atoms with Gasteiger partial charge in [0.2, 0.25) is 5.95 Å². The number of ether oxygens (including phenoxy) is 1. The monoisotopic (exact) mass is 1100 g/mol. The molecule has 81 heavy (non-hydrogen) atoms. The molecule has 2 aliphatic carbocycles. The van der Waals surface area contributed by atoms with Crippen molar-refractivity contribution in [1.82, 2.24) is 56.4 Å². The van der Waals surface area contributed by atoms with Crippen LogP contribution in [-0.4, -0.2) is 96.0 Å². The summed E-state index contributed by atoms with van der Waals surface area (Å²) in [5.41, 5.74) is 7.58. The minimum atomic E-state index is -0.991. The van der Waals surface area contributed by atoms with Crippen molar-refractivity contribution in [3.8, 4) is 6.01 Å². The zero-order valence-corrected chi connectivity index (χ0v) is 44.0. The molecule has 3 aromatic heterocycles. The van der Waals surface area contributed by atoms with E-state index in [4.69, 9.17) is 9.57 Å². The van der Waals surface area contributed by atoms with Gasteiger partial charge < -0.3 is 40.8 Å². The van der Waals surface area contributed by atoms with E-state index >= 15 is 0 Å². The summed E-state index contributed by atoms with van der Waals surface area (Å²) < 4.78 is 32.0. The molecule has 0 spiro atoms. The number of nitrogens with zero attached hydrogens (tertiary/aromatic N) is 8. The Hall–Kier alpha value is -10.1. The minimum Gasteiger partial charge on any atom is -0.478 e. The van der Waals surface area contributed by atoms with Gasteiger partial charge in [-0.2, -0.15) is 9.97 Å². The van der Waals surface area contributed by atoms with Gasteiger partial charge in [-0.3, -0.25) is 19.2 Å². The predicted octanol–water partition coefficient (Wildman–Crippen LogP) is 6.82. The molecule has 412 valence electrons. The number of aromatic nitrogens is 7. The van der Waals surface area contributed by atoms with Crippen LogP contribution < -0.4 is 31.0 Å². The van der Waals surface area contributed by atoms with Crippen LogP contribution in [0, 0.1) is 25.5 Å². The van der Waals surface area contributed by atoms with Gasteiger partial charge in [-0.1, -0.05) is 53.4 Å². The number of amides is 4. The number of hydrogen-bond acceptors (Lipinski definition) is 15. The Kier molecular flexibility index (Phi) is 15.8. The summed E-state index contributed by atoms with van der Waals surface area (Å²) in [6.07, 6.45) is 3.52. The normalized spacial score (nSPS) is 14.8. The summed E-state index contributed by atoms with van der Waals surface area (Å²) in [6.45, 7) is 5.05. The van der Waals surface area contributed by atoms with E-state index in [1.807, 2.05) is 4.90 Å². The maximum Gasteiger partial charge on any atom is 0.347 e. The number of carbonyl (C=O) groups is 6. The van der Waals surface area contributed by atoms with Crippen molar-refractivity contribution in [3.63, 3.8) is 0 Å². The lowest BCUT2D eigenvalue weighted by atomic mass is 10.0. The number of esters is 1. The van der Waals surface area contributed by atoms with Gasteiger partial charge in [-0.15, -0.1) is 5.10 Å². The van der Waals surface area contributed by atoms with Crippen LogP contribution in [0.2, 0.25) is 0 Å². The Morgan fingerprint density at radius 1 is 0.630 bits per heavy atom. The molecule has 3 aliphatic rings. The Labute approximate surface area is 461 Å². The zero-order chi connectivity index (χ0) is 56.9. The highest BCUT2D eigenvalue weighted by Gasteiger charge is 2.30. The van der Waals surface area contributed by atoms with Crippen LogP contribution in [0.25, 0.3) is 11.0 Å². The SMILES string of the molecule is COC(=O)c1ccc2c(c1)CC[C@@H]2NC(=O)c1cc(C(=O)NCc2ccc(F)c(C)c2)nc(On2nnc3ccccc32)n1.Cc1cc(CNC(=O)c2cc(C(=O)N[C@H]3CCc4cc(C(=O)O)ccc43)nc(N3CCC3)n2)ccc1F. The fourth-order valence-corrected chi connectivity index (χ4v) is 9.57. The molecule has 4 heterocycles. The maximum atomic E-state index is 13.7. The van der Waals surface area contributed by atoms with Crippen molar-refractivity contribution in [3.05, 3.63) is 199 Å². The van der Waals surface area contributed by atoms with Crippen molar-refractivity contribution in [1.29, 1.82) is 0 Å². The molecule has 23 heteroatoms. The average Bonchev–Trinajstić information content (AvgIpc) is 4.40. The van der Waals surface area contributed by atoms with Crippen molar-refractivity contribution < 1.29 is 52.2 Å². The average molecular weight is 1100 g/mol. The Morgan fingerprint density at radius 2 is 1.15 bits per heavy atom. The molecule has 1 saturated heterocycles. The number of rotatable bonds is 15. The summed E-state index contributed by atoms with van der Waals surface area (Å²) in [4.78, 5) is 102. The van der Waals surface area contributed by atoms with Crippen LogP contribution in [0.4, 0.5) is 14.7 Å². The number of carboxylic acid groups (broad SMARTS) is 1. The van der Waals surface area contributed by atoms with Gasteiger partial charge in [0, 0.05) is 38.3 Å². The van der Waals surface area contributed by atoms with Gasteiger partial charge in [0.15, 0.2) is 0 Å². The van der Waals surface area contributed by atoms with E-state index in [0.29, 0.717) is 64.9 Å². The van der Waals surface area contributed by atoms with Gasteiger partial charge in [0.25, 0.3) is 23.6 Å². The third kappa shape index (κ3) is 12.3. The Balaban J connectivity index is 0.000000185. The van der Waals surface area contributed by atoms with Crippen molar-refractivity contribution >= 4 is 52.5 Å². The number of nitrogens with one attached hydrogen (secondary N) is 4. The largest absolute Gasteiger partial charge is 0.478 e. The number of carbonyl (C=O) groups excluding carboxylic acids is 5. The number of carboxylic acids is 1. The van der Waals surface area contributed by atoms with Crippen LogP contribution in [0.1, 0.15) is 139 Å². The second kappa shape index (κ2) is 23.5. The van der Waals surface area contributed by atoms with E-state index in [1.54, 1.807) is 92.7 Å². The van der Waals surface area contributed by atoms with E-state index in [9.17, 15) is 42.7 Å². The number of methoxy groups -OCH3 is 1. The number of para-hydroxylation sites is 1. The van der Waals surface area contributed by atoms with E-state index < -0.39 is 35.6 Å². The van der Waals surface area contributed by atoms with E-state index in [2.05, 4.69) is 51.5 Å². The number of anilines is 1. The summed E-state index contributed by atoms with van der Waals surface area (Å²) in [7, 11) is 1.32. The number of aromatic carboxylic acids is 1. The molecule has 21 nitrogen and oxygen atoms in total. The quantitative estimate of drug-likeness (QED) is 0.0659. The van der Waals surface area contributed by atoms with Crippen LogP contribution in [0.15, 0.2) is 109 Å². The molecule has 0 saturated carbocycles. The lowest BCUT2D eigenvalue weighted by molar-refractivity contribution is 0.0599. The third-order valence-corrected chi connectivity index (χ3v) is 14.1.